The van der Waals surface area contributed by atoms with E-state index in [2.05, 4.69) is 42.5 Å². The Bertz CT molecular complexity index is 1310. The molecule has 1 saturated carbocycles. The quantitative estimate of drug-likeness (QED) is 0.470. The molecule has 1 aromatic carbocycles. The van der Waals surface area contributed by atoms with E-state index in [-0.39, 0.29) is 28.2 Å². The van der Waals surface area contributed by atoms with Gasteiger partial charge in [0.05, 0.1) is 12.2 Å². The first-order valence-corrected chi connectivity index (χ1v) is 13.1. The van der Waals surface area contributed by atoms with Crippen molar-refractivity contribution in [2.45, 2.75) is 72.4 Å². The molecule has 3 heterocycles. The predicted octanol–water partition coefficient (Wildman–Crippen LogP) is 5.43. The van der Waals surface area contributed by atoms with Crippen LogP contribution in [0.3, 0.4) is 0 Å². The van der Waals surface area contributed by atoms with E-state index in [1.807, 2.05) is 48.2 Å². The van der Waals surface area contributed by atoms with E-state index in [1.165, 1.54) is 5.56 Å². The number of fused-ring (bicyclic) bond motifs is 2. The Hall–Kier alpha value is -3.21. The predicted molar refractivity (Wildman–Crippen MR) is 143 cm³/mol. The third kappa shape index (κ3) is 4.88. The highest BCUT2D eigenvalue weighted by molar-refractivity contribution is 5.96. The molecule has 36 heavy (non-hydrogen) atoms. The van der Waals surface area contributed by atoms with Crippen molar-refractivity contribution in [3.8, 4) is 0 Å². The van der Waals surface area contributed by atoms with Crippen LogP contribution in [0.2, 0.25) is 0 Å². The molecule has 0 N–H and O–H groups in total. The summed E-state index contributed by atoms with van der Waals surface area (Å²) in [5, 5.41) is 0. The summed E-state index contributed by atoms with van der Waals surface area (Å²) in [7, 11) is 0. The number of hydrogen-bond donors (Lipinski definition) is 0. The Balaban J connectivity index is 1.57. The van der Waals surface area contributed by atoms with Crippen molar-refractivity contribution >= 4 is 5.91 Å². The van der Waals surface area contributed by atoms with Gasteiger partial charge in [-0.2, -0.15) is 0 Å². The van der Waals surface area contributed by atoms with Crippen LogP contribution in [0.4, 0.5) is 0 Å². The SMILES string of the molecule is Cc1cc(=O)c(C(=O)N2C[C@@]3(C)C[C@@H]2CC(C)(C)C3)c(CCc2ccccc2)n1Cc1ccccn1. The Kier molecular flexibility index (Phi) is 6.36. The maximum atomic E-state index is 14.2. The molecule has 2 atom stereocenters. The largest absolute Gasteiger partial charge is 0.342 e. The zero-order chi connectivity index (χ0) is 25.5. The molecule has 5 rings (SSSR count). The average Bonchev–Trinajstić information content (AvgIpc) is 3.09. The van der Waals surface area contributed by atoms with E-state index in [0.717, 1.165) is 49.3 Å². The number of carbonyl (C=O) groups excluding carboxylic acids is 1. The molecule has 2 fully saturated rings. The minimum Gasteiger partial charge on any atom is -0.342 e. The van der Waals surface area contributed by atoms with Crippen LogP contribution in [0, 0.1) is 17.8 Å². The topological polar surface area (TPSA) is 55.2 Å². The maximum Gasteiger partial charge on any atom is 0.259 e. The molecule has 5 heteroatoms. The summed E-state index contributed by atoms with van der Waals surface area (Å²) < 4.78 is 2.13. The van der Waals surface area contributed by atoms with Gasteiger partial charge in [0.15, 0.2) is 5.43 Å². The summed E-state index contributed by atoms with van der Waals surface area (Å²) >= 11 is 0. The van der Waals surface area contributed by atoms with Gasteiger partial charge in [0.2, 0.25) is 0 Å². The van der Waals surface area contributed by atoms with Crippen molar-refractivity contribution in [1.29, 1.82) is 0 Å². The lowest BCUT2D eigenvalue weighted by Gasteiger charge is -2.39. The van der Waals surface area contributed by atoms with Crippen molar-refractivity contribution in [3.63, 3.8) is 0 Å². The molecule has 5 nitrogen and oxygen atoms in total. The lowest BCUT2D eigenvalue weighted by atomic mass is 9.65. The minimum absolute atomic E-state index is 0.0933. The molecule has 0 spiro atoms. The van der Waals surface area contributed by atoms with Crippen LogP contribution >= 0.6 is 0 Å². The summed E-state index contributed by atoms with van der Waals surface area (Å²) in [5.41, 5.74) is 4.30. The van der Waals surface area contributed by atoms with Crippen LogP contribution in [0.1, 0.15) is 73.0 Å². The number of nitrogens with zero attached hydrogens (tertiary/aromatic N) is 3. The van der Waals surface area contributed by atoms with Gasteiger partial charge in [-0.05, 0) is 67.6 Å². The standard InChI is InChI=1S/C31H37N3O2/c1-22-16-27(35)28(29(36)34-21-31(4)18-25(34)17-30(2,3)20-31)26(14-13-23-10-6-5-7-11-23)33(22)19-24-12-8-9-15-32-24/h5-12,15-16,25H,13-14,17-21H2,1-4H3/t25-,31-/m0/s1. The zero-order valence-corrected chi connectivity index (χ0v) is 22.0. The number of pyridine rings is 2. The van der Waals surface area contributed by atoms with Gasteiger partial charge in [-0.3, -0.25) is 14.6 Å². The molecule has 1 saturated heterocycles. The van der Waals surface area contributed by atoms with Gasteiger partial charge in [-0.25, -0.2) is 0 Å². The molecule has 2 aromatic heterocycles. The second-order valence-corrected chi connectivity index (χ2v) is 12.0. The lowest BCUT2D eigenvalue weighted by Crippen LogP contribution is -2.41. The van der Waals surface area contributed by atoms with E-state index < -0.39 is 0 Å². The molecule has 1 aliphatic heterocycles. The molecule has 2 bridgehead atoms. The molecular weight excluding hydrogens is 446 g/mol. The molecular formula is C31H37N3O2. The molecule has 0 radical (unpaired) electrons. The zero-order valence-electron chi connectivity index (χ0n) is 22.0. The van der Waals surface area contributed by atoms with E-state index in [4.69, 9.17) is 0 Å². The first-order chi connectivity index (χ1) is 17.1. The van der Waals surface area contributed by atoms with Crippen molar-refractivity contribution in [1.82, 2.24) is 14.5 Å². The summed E-state index contributed by atoms with van der Waals surface area (Å²) in [6, 6.07) is 18.0. The van der Waals surface area contributed by atoms with Gasteiger partial charge >= 0.3 is 0 Å². The number of likely N-dealkylation sites (tertiary alicyclic amines) is 1. The fourth-order valence-electron chi connectivity index (χ4n) is 6.94. The summed E-state index contributed by atoms with van der Waals surface area (Å²) in [6.07, 6.45) is 6.29. The molecule has 1 aliphatic carbocycles. The van der Waals surface area contributed by atoms with Gasteiger partial charge in [-0.15, -0.1) is 0 Å². The lowest BCUT2D eigenvalue weighted by molar-refractivity contribution is 0.0704. The highest BCUT2D eigenvalue weighted by Gasteiger charge is 2.51. The molecule has 188 valence electrons. The first-order valence-electron chi connectivity index (χ1n) is 13.1. The van der Waals surface area contributed by atoms with Gasteiger partial charge in [-0.1, -0.05) is 57.2 Å². The number of aryl methyl sites for hydroxylation is 2. The number of hydrogen-bond acceptors (Lipinski definition) is 3. The average molecular weight is 484 g/mol. The van der Waals surface area contributed by atoms with Crippen molar-refractivity contribution in [3.05, 3.63) is 99.2 Å². The van der Waals surface area contributed by atoms with Gasteiger partial charge in [0.25, 0.3) is 5.91 Å². The van der Waals surface area contributed by atoms with E-state index in [9.17, 15) is 9.59 Å². The van der Waals surface area contributed by atoms with Crippen LogP contribution in [0.5, 0.6) is 0 Å². The first kappa shape index (κ1) is 24.5. The van der Waals surface area contributed by atoms with Gasteiger partial charge in [0, 0.05) is 36.2 Å². The second-order valence-electron chi connectivity index (χ2n) is 12.0. The summed E-state index contributed by atoms with van der Waals surface area (Å²) in [5.74, 6) is -0.0933. The molecule has 0 unspecified atom stereocenters. The Morgan fingerprint density at radius 1 is 1.03 bits per heavy atom. The molecule has 3 aromatic rings. The van der Waals surface area contributed by atoms with E-state index >= 15 is 0 Å². The third-order valence-electron chi connectivity index (χ3n) is 8.06. The van der Waals surface area contributed by atoms with Crippen molar-refractivity contribution < 1.29 is 4.79 Å². The van der Waals surface area contributed by atoms with Gasteiger partial charge < -0.3 is 9.47 Å². The molecule has 1 amide bonds. The summed E-state index contributed by atoms with van der Waals surface area (Å²) in [6.45, 7) is 10.1. The smallest absolute Gasteiger partial charge is 0.259 e. The molecule has 2 aliphatic rings. The fraction of sp³-hybridized carbons (Fsp3) is 0.452. The number of carbonyl (C=O) groups is 1. The monoisotopic (exact) mass is 483 g/mol. The number of benzene rings is 1. The number of amides is 1. The van der Waals surface area contributed by atoms with Crippen LogP contribution in [-0.2, 0) is 19.4 Å². The summed E-state index contributed by atoms with van der Waals surface area (Å²) in [4.78, 5) is 34.3. The number of rotatable bonds is 6. The van der Waals surface area contributed by atoms with Crippen molar-refractivity contribution in [2.24, 2.45) is 10.8 Å². The Morgan fingerprint density at radius 2 is 1.78 bits per heavy atom. The highest BCUT2D eigenvalue weighted by Crippen LogP contribution is 2.52. The van der Waals surface area contributed by atoms with E-state index in [1.54, 1.807) is 12.3 Å². The number of aromatic nitrogens is 2. The van der Waals surface area contributed by atoms with Crippen LogP contribution < -0.4 is 5.43 Å². The fourth-order valence-corrected chi connectivity index (χ4v) is 6.94. The van der Waals surface area contributed by atoms with Crippen LogP contribution in [-0.4, -0.2) is 32.9 Å². The van der Waals surface area contributed by atoms with E-state index in [0.29, 0.717) is 18.5 Å². The highest BCUT2D eigenvalue weighted by atomic mass is 16.2. The maximum absolute atomic E-state index is 14.2. The van der Waals surface area contributed by atoms with Gasteiger partial charge in [0.1, 0.15) is 5.56 Å². The normalized spacial score (nSPS) is 22.6. The minimum atomic E-state index is -0.163. The Morgan fingerprint density at radius 3 is 2.50 bits per heavy atom. The van der Waals surface area contributed by atoms with Crippen LogP contribution in [0.15, 0.2) is 65.6 Å². The Labute approximate surface area is 214 Å². The van der Waals surface area contributed by atoms with Crippen molar-refractivity contribution in [2.75, 3.05) is 6.54 Å². The second kappa shape index (κ2) is 9.34. The van der Waals surface area contributed by atoms with Crippen LogP contribution in [0.25, 0.3) is 0 Å². The third-order valence-corrected chi connectivity index (χ3v) is 8.06.